The number of hydrogen-bond donors (Lipinski definition) is 1. The van der Waals surface area contributed by atoms with E-state index in [-0.39, 0.29) is 6.04 Å². The van der Waals surface area contributed by atoms with Gasteiger partial charge in [-0.3, -0.25) is 0 Å². The smallest absolute Gasteiger partial charge is 0.00476 e. The van der Waals surface area contributed by atoms with E-state index in [9.17, 15) is 0 Å². The lowest BCUT2D eigenvalue weighted by Gasteiger charge is -2.03. The molecule has 0 saturated heterocycles. The molecule has 0 aromatic carbocycles. The maximum atomic E-state index is 5.65. The molecular formula is C11H19N. The Bertz CT molecular complexity index is 197. The summed E-state index contributed by atoms with van der Waals surface area (Å²) in [6, 6.07) is 0.249. The van der Waals surface area contributed by atoms with Gasteiger partial charge in [0.1, 0.15) is 0 Å². The highest BCUT2D eigenvalue weighted by Crippen LogP contribution is 2.04. The standard InChI is InChI=1S/C11H19N/c1-5-9(2)6-7-10(3)8-11(4)12/h5-7,11H,1,8,12H2,2-4H3/b9-6-,10-7+. The van der Waals surface area contributed by atoms with Crippen LogP contribution in [-0.4, -0.2) is 6.04 Å². The van der Waals surface area contributed by atoms with E-state index in [1.54, 1.807) is 0 Å². The first kappa shape index (κ1) is 11.2. The minimum Gasteiger partial charge on any atom is -0.328 e. The lowest BCUT2D eigenvalue weighted by Crippen LogP contribution is -2.14. The third kappa shape index (κ3) is 5.93. The van der Waals surface area contributed by atoms with E-state index in [4.69, 9.17) is 5.73 Å². The molecule has 2 N–H and O–H groups in total. The van der Waals surface area contributed by atoms with E-state index < -0.39 is 0 Å². The molecule has 0 aliphatic rings. The van der Waals surface area contributed by atoms with Crippen LogP contribution in [0.3, 0.4) is 0 Å². The Kier molecular flexibility index (Phi) is 5.39. The first-order chi connectivity index (χ1) is 5.56. The van der Waals surface area contributed by atoms with E-state index >= 15 is 0 Å². The molecule has 0 saturated carbocycles. The normalized spacial score (nSPS) is 16.0. The van der Waals surface area contributed by atoms with Crippen molar-refractivity contribution >= 4 is 0 Å². The maximum absolute atomic E-state index is 5.65. The molecule has 0 aromatic heterocycles. The Morgan fingerprint density at radius 2 is 2.00 bits per heavy atom. The molecule has 1 nitrogen and oxygen atoms in total. The summed E-state index contributed by atoms with van der Waals surface area (Å²) < 4.78 is 0. The first-order valence-electron chi connectivity index (χ1n) is 4.28. The van der Waals surface area contributed by atoms with Gasteiger partial charge in [-0.05, 0) is 27.2 Å². The molecule has 0 aromatic rings. The van der Waals surface area contributed by atoms with Crippen molar-refractivity contribution in [3.63, 3.8) is 0 Å². The molecule has 0 spiro atoms. The molecule has 0 fully saturated rings. The lowest BCUT2D eigenvalue weighted by molar-refractivity contribution is 0.731. The zero-order valence-electron chi connectivity index (χ0n) is 8.30. The fourth-order valence-electron chi connectivity index (χ4n) is 0.918. The fraction of sp³-hybridized carbons (Fsp3) is 0.455. The fourth-order valence-corrected chi connectivity index (χ4v) is 0.918. The quantitative estimate of drug-likeness (QED) is 0.637. The maximum Gasteiger partial charge on any atom is 0.00476 e. The zero-order chi connectivity index (χ0) is 9.56. The minimum absolute atomic E-state index is 0.249. The molecule has 0 bridgehead atoms. The summed E-state index contributed by atoms with van der Waals surface area (Å²) in [7, 11) is 0. The SMILES string of the molecule is C=C/C(C)=C\C=C(/C)CC(C)N. The predicted molar refractivity (Wildman–Crippen MR) is 56.0 cm³/mol. The molecule has 0 amide bonds. The molecule has 1 atom stereocenters. The van der Waals surface area contributed by atoms with Crippen LogP contribution in [0.5, 0.6) is 0 Å². The minimum atomic E-state index is 0.249. The van der Waals surface area contributed by atoms with Gasteiger partial charge in [-0.15, -0.1) is 0 Å². The Morgan fingerprint density at radius 3 is 2.42 bits per heavy atom. The summed E-state index contributed by atoms with van der Waals surface area (Å²) >= 11 is 0. The van der Waals surface area contributed by atoms with Crippen LogP contribution in [0.1, 0.15) is 27.2 Å². The van der Waals surface area contributed by atoms with E-state index in [2.05, 4.69) is 25.7 Å². The molecule has 68 valence electrons. The average Bonchev–Trinajstić information content (AvgIpc) is 1.99. The van der Waals surface area contributed by atoms with E-state index in [1.165, 1.54) is 11.1 Å². The van der Waals surface area contributed by atoms with Crippen LogP contribution in [0.15, 0.2) is 36.0 Å². The molecule has 0 aliphatic carbocycles. The highest BCUT2D eigenvalue weighted by Gasteiger charge is 1.93. The molecule has 0 radical (unpaired) electrons. The van der Waals surface area contributed by atoms with Gasteiger partial charge in [0.05, 0.1) is 0 Å². The third-order valence-corrected chi connectivity index (χ3v) is 1.60. The average molecular weight is 165 g/mol. The van der Waals surface area contributed by atoms with Crippen LogP contribution < -0.4 is 5.73 Å². The van der Waals surface area contributed by atoms with Crippen LogP contribution in [-0.2, 0) is 0 Å². The van der Waals surface area contributed by atoms with Crippen LogP contribution in [0.25, 0.3) is 0 Å². The summed E-state index contributed by atoms with van der Waals surface area (Å²) in [6.07, 6.45) is 6.96. The summed E-state index contributed by atoms with van der Waals surface area (Å²) in [4.78, 5) is 0. The number of hydrogen-bond acceptors (Lipinski definition) is 1. The first-order valence-corrected chi connectivity index (χ1v) is 4.28. The Hall–Kier alpha value is -0.820. The van der Waals surface area contributed by atoms with Gasteiger partial charge in [0, 0.05) is 6.04 Å². The molecule has 0 aliphatic heterocycles. The number of allylic oxidation sites excluding steroid dienone is 4. The van der Waals surface area contributed by atoms with Crippen molar-refractivity contribution in [2.45, 2.75) is 33.2 Å². The molecule has 1 unspecified atom stereocenters. The number of nitrogens with two attached hydrogens (primary N) is 1. The summed E-state index contributed by atoms with van der Waals surface area (Å²) in [5.74, 6) is 0. The predicted octanol–water partition coefficient (Wildman–Crippen LogP) is 2.80. The topological polar surface area (TPSA) is 26.0 Å². The molecular weight excluding hydrogens is 146 g/mol. The van der Waals surface area contributed by atoms with Gasteiger partial charge in [0.25, 0.3) is 0 Å². The van der Waals surface area contributed by atoms with Crippen LogP contribution in [0.4, 0.5) is 0 Å². The monoisotopic (exact) mass is 165 g/mol. The van der Waals surface area contributed by atoms with Crippen molar-refractivity contribution in [3.8, 4) is 0 Å². The highest BCUT2D eigenvalue weighted by atomic mass is 14.6. The highest BCUT2D eigenvalue weighted by molar-refractivity contribution is 5.22. The van der Waals surface area contributed by atoms with Gasteiger partial charge in [0.2, 0.25) is 0 Å². The largest absolute Gasteiger partial charge is 0.328 e. The molecule has 0 heterocycles. The molecule has 1 heteroatoms. The van der Waals surface area contributed by atoms with Crippen LogP contribution >= 0.6 is 0 Å². The van der Waals surface area contributed by atoms with Gasteiger partial charge in [-0.1, -0.05) is 36.0 Å². The van der Waals surface area contributed by atoms with E-state index in [1.807, 2.05) is 19.9 Å². The van der Waals surface area contributed by atoms with Gasteiger partial charge < -0.3 is 5.73 Å². The van der Waals surface area contributed by atoms with E-state index in [0.29, 0.717) is 0 Å². The van der Waals surface area contributed by atoms with Crippen molar-refractivity contribution in [3.05, 3.63) is 36.0 Å². The van der Waals surface area contributed by atoms with Crippen molar-refractivity contribution in [2.24, 2.45) is 5.73 Å². The van der Waals surface area contributed by atoms with Gasteiger partial charge in [-0.25, -0.2) is 0 Å². The second kappa shape index (κ2) is 5.78. The third-order valence-electron chi connectivity index (χ3n) is 1.60. The van der Waals surface area contributed by atoms with Crippen molar-refractivity contribution in [1.29, 1.82) is 0 Å². The van der Waals surface area contributed by atoms with Crippen LogP contribution in [0, 0.1) is 0 Å². The number of rotatable bonds is 4. The van der Waals surface area contributed by atoms with Gasteiger partial charge in [0.15, 0.2) is 0 Å². The molecule has 12 heavy (non-hydrogen) atoms. The Labute approximate surface area is 75.7 Å². The van der Waals surface area contributed by atoms with E-state index in [0.717, 1.165) is 6.42 Å². The molecule has 0 rings (SSSR count). The Morgan fingerprint density at radius 1 is 1.42 bits per heavy atom. The summed E-state index contributed by atoms with van der Waals surface area (Å²) in [5.41, 5.74) is 8.14. The van der Waals surface area contributed by atoms with Crippen molar-refractivity contribution in [1.82, 2.24) is 0 Å². The van der Waals surface area contributed by atoms with Gasteiger partial charge in [-0.2, -0.15) is 0 Å². The zero-order valence-corrected chi connectivity index (χ0v) is 8.30. The second-order valence-corrected chi connectivity index (χ2v) is 3.31. The summed E-state index contributed by atoms with van der Waals surface area (Å²) in [5, 5.41) is 0. The second-order valence-electron chi connectivity index (χ2n) is 3.31. The van der Waals surface area contributed by atoms with Crippen molar-refractivity contribution in [2.75, 3.05) is 0 Å². The Balaban J connectivity index is 4.08. The van der Waals surface area contributed by atoms with Crippen molar-refractivity contribution < 1.29 is 0 Å². The summed E-state index contributed by atoms with van der Waals surface area (Å²) in [6.45, 7) is 9.82. The van der Waals surface area contributed by atoms with Crippen LogP contribution in [0.2, 0.25) is 0 Å². The lowest BCUT2D eigenvalue weighted by atomic mass is 10.1. The van der Waals surface area contributed by atoms with Gasteiger partial charge >= 0.3 is 0 Å².